The number of nitrogen functional groups attached to an aromatic ring is 1. The Morgan fingerprint density at radius 3 is 2.95 bits per heavy atom. The van der Waals surface area contributed by atoms with Gasteiger partial charge >= 0.3 is 11.8 Å². The summed E-state index contributed by atoms with van der Waals surface area (Å²) in [6, 6.07) is 4.89. The number of nitrogens with two attached hydrogens (primary N) is 1. The van der Waals surface area contributed by atoms with Crippen molar-refractivity contribution in [3.05, 3.63) is 33.7 Å². The molecule has 0 radical (unpaired) electrons. The van der Waals surface area contributed by atoms with Crippen molar-refractivity contribution in [2.24, 2.45) is 0 Å². The summed E-state index contributed by atoms with van der Waals surface area (Å²) in [5, 5.41) is 15.3. The Morgan fingerprint density at radius 2 is 2.38 bits per heavy atom. The summed E-state index contributed by atoms with van der Waals surface area (Å²) in [7, 11) is 0. The molecule has 0 aromatic carbocycles. The fourth-order valence-corrected chi connectivity index (χ4v) is 2.45. The second kappa shape index (κ2) is 6.18. The maximum absolute atomic E-state index is 11.4. The van der Waals surface area contributed by atoms with Crippen LogP contribution in [-0.2, 0) is 4.74 Å². The number of thiophene rings is 1. The minimum absolute atomic E-state index is 0.0972. The molecule has 0 atom stereocenters. The molecule has 0 saturated carbocycles. The second-order valence-corrected chi connectivity index (χ2v) is 4.82. The number of hydrogen-bond donors (Lipinski definition) is 2. The van der Waals surface area contributed by atoms with Crippen LogP contribution < -0.4 is 11.1 Å². The molecule has 2 aromatic heterocycles. The highest BCUT2D eigenvalue weighted by Crippen LogP contribution is 2.37. The zero-order chi connectivity index (χ0) is 15.4. The van der Waals surface area contributed by atoms with Crippen molar-refractivity contribution in [3.63, 3.8) is 0 Å². The lowest BCUT2D eigenvalue weighted by molar-refractivity contribution is -0.383. The first kappa shape index (κ1) is 14.7. The van der Waals surface area contributed by atoms with Gasteiger partial charge in [-0.3, -0.25) is 15.4 Å². The molecule has 0 saturated heterocycles. The van der Waals surface area contributed by atoms with Gasteiger partial charge in [0.15, 0.2) is 0 Å². The van der Waals surface area contributed by atoms with Gasteiger partial charge in [0.2, 0.25) is 5.82 Å². The molecule has 0 spiro atoms. The van der Waals surface area contributed by atoms with E-state index in [1.807, 2.05) is 0 Å². The van der Waals surface area contributed by atoms with Crippen molar-refractivity contribution >= 4 is 34.8 Å². The molecule has 8 nitrogen and oxygen atoms in total. The Bertz CT molecular complexity index is 672. The summed E-state index contributed by atoms with van der Waals surface area (Å²) in [5.41, 5.74) is 5.65. The zero-order valence-electron chi connectivity index (χ0n) is 11.0. The number of nitrogens with zero attached hydrogens (tertiary/aromatic N) is 2. The molecule has 0 aliphatic heterocycles. The minimum Gasteiger partial charge on any atom is -0.450 e. The van der Waals surface area contributed by atoms with Crippen LogP contribution in [0.2, 0.25) is 0 Å². The van der Waals surface area contributed by atoms with Gasteiger partial charge < -0.3 is 10.5 Å². The number of ether oxygens (including phenoxy) is 1. The molecular formula is C12H12N4O4S. The molecule has 0 fully saturated rings. The third-order valence-electron chi connectivity index (χ3n) is 2.49. The van der Waals surface area contributed by atoms with Crippen LogP contribution in [0.4, 0.5) is 22.1 Å². The first-order chi connectivity index (χ1) is 10.0. The summed E-state index contributed by atoms with van der Waals surface area (Å²) >= 11 is 1.32. The van der Waals surface area contributed by atoms with E-state index >= 15 is 0 Å². The molecule has 9 heteroatoms. The molecule has 21 heavy (non-hydrogen) atoms. The van der Waals surface area contributed by atoms with Gasteiger partial charge in [-0.15, -0.1) is 11.3 Å². The molecule has 2 rings (SSSR count). The van der Waals surface area contributed by atoms with Gasteiger partial charge in [0, 0.05) is 4.88 Å². The number of amides is 1. The predicted molar refractivity (Wildman–Crippen MR) is 79.3 cm³/mol. The van der Waals surface area contributed by atoms with Crippen molar-refractivity contribution in [1.29, 1.82) is 0 Å². The normalized spacial score (nSPS) is 10.1. The Kier molecular flexibility index (Phi) is 4.33. The van der Waals surface area contributed by atoms with Crippen molar-refractivity contribution in [3.8, 4) is 10.4 Å². The van der Waals surface area contributed by atoms with Gasteiger partial charge in [0.05, 0.1) is 17.1 Å². The van der Waals surface area contributed by atoms with Gasteiger partial charge in [-0.05, 0) is 24.4 Å². The van der Waals surface area contributed by atoms with Crippen molar-refractivity contribution in [2.75, 3.05) is 17.7 Å². The lowest BCUT2D eigenvalue weighted by Crippen LogP contribution is -2.15. The fraction of sp³-hybridized carbons (Fsp3) is 0.167. The van der Waals surface area contributed by atoms with Gasteiger partial charge in [0.1, 0.15) is 5.82 Å². The molecule has 1 amide bonds. The van der Waals surface area contributed by atoms with E-state index in [0.29, 0.717) is 10.4 Å². The van der Waals surface area contributed by atoms with E-state index in [4.69, 9.17) is 10.5 Å². The Balaban J connectivity index is 2.47. The molecule has 0 aliphatic carbocycles. The van der Waals surface area contributed by atoms with Gasteiger partial charge in [-0.1, -0.05) is 6.07 Å². The fourth-order valence-electron chi connectivity index (χ4n) is 1.71. The van der Waals surface area contributed by atoms with Crippen LogP contribution in [0.25, 0.3) is 10.4 Å². The van der Waals surface area contributed by atoms with Crippen molar-refractivity contribution < 1.29 is 14.5 Å². The molecular weight excluding hydrogens is 296 g/mol. The van der Waals surface area contributed by atoms with Gasteiger partial charge in [-0.25, -0.2) is 9.78 Å². The van der Waals surface area contributed by atoms with Crippen LogP contribution in [0, 0.1) is 10.1 Å². The lowest BCUT2D eigenvalue weighted by atomic mass is 10.1. The number of rotatable bonds is 4. The molecule has 0 bridgehead atoms. The number of anilines is 2. The highest BCUT2D eigenvalue weighted by atomic mass is 32.1. The first-order valence-electron chi connectivity index (χ1n) is 5.95. The number of carbonyl (C=O) groups excluding carboxylic acids is 1. The maximum Gasteiger partial charge on any atom is 0.412 e. The first-order valence-corrected chi connectivity index (χ1v) is 6.83. The van der Waals surface area contributed by atoms with Crippen molar-refractivity contribution in [2.45, 2.75) is 6.92 Å². The van der Waals surface area contributed by atoms with E-state index in [1.165, 1.54) is 17.4 Å². The zero-order valence-corrected chi connectivity index (χ0v) is 11.8. The number of carbonyl (C=O) groups is 1. The Hall–Kier alpha value is -2.68. The van der Waals surface area contributed by atoms with Crippen LogP contribution in [0.1, 0.15) is 6.92 Å². The topological polar surface area (TPSA) is 120 Å². The van der Waals surface area contributed by atoms with Crippen LogP contribution in [0.15, 0.2) is 23.6 Å². The van der Waals surface area contributed by atoms with Crippen LogP contribution in [-0.4, -0.2) is 22.6 Å². The quantitative estimate of drug-likeness (QED) is 0.661. The van der Waals surface area contributed by atoms with Crippen LogP contribution in [0.3, 0.4) is 0 Å². The summed E-state index contributed by atoms with van der Waals surface area (Å²) < 4.78 is 4.73. The number of nitro groups is 1. The Labute approximate surface area is 123 Å². The molecule has 2 heterocycles. The average Bonchev–Trinajstić information content (AvgIpc) is 2.91. The summed E-state index contributed by atoms with van der Waals surface area (Å²) in [4.78, 5) is 26.4. The SMILES string of the molecule is CCOC(=O)Nc1cc(-c2cccs2)c([N+](=O)[O-])c(N)n1. The number of pyridine rings is 1. The van der Waals surface area contributed by atoms with E-state index in [1.54, 1.807) is 24.4 Å². The number of aromatic nitrogens is 1. The van der Waals surface area contributed by atoms with E-state index < -0.39 is 11.0 Å². The summed E-state index contributed by atoms with van der Waals surface area (Å²) in [6.07, 6.45) is -0.699. The number of nitrogens with one attached hydrogen (secondary N) is 1. The summed E-state index contributed by atoms with van der Waals surface area (Å²) in [5.74, 6) is -0.169. The summed E-state index contributed by atoms with van der Waals surface area (Å²) in [6.45, 7) is 1.86. The monoisotopic (exact) mass is 308 g/mol. The molecule has 2 aromatic rings. The highest BCUT2D eigenvalue weighted by Gasteiger charge is 2.23. The van der Waals surface area contributed by atoms with E-state index in [9.17, 15) is 14.9 Å². The third kappa shape index (κ3) is 3.26. The molecule has 0 aliphatic rings. The standard InChI is InChI=1S/C12H12N4O4S/c1-2-20-12(17)15-9-6-7(8-4-3-5-21-8)10(16(18)19)11(13)14-9/h3-6H,2H2,1H3,(H3,13,14,15,17). The average molecular weight is 308 g/mol. The largest absolute Gasteiger partial charge is 0.450 e. The second-order valence-electron chi connectivity index (χ2n) is 3.87. The molecule has 0 unspecified atom stereocenters. The predicted octanol–water partition coefficient (Wildman–Crippen LogP) is 2.87. The minimum atomic E-state index is -0.699. The molecule has 110 valence electrons. The smallest absolute Gasteiger partial charge is 0.412 e. The van der Waals surface area contributed by atoms with Crippen LogP contribution in [0.5, 0.6) is 0 Å². The van der Waals surface area contributed by atoms with Crippen molar-refractivity contribution in [1.82, 2.24) is 4.98 Å². The Morgan fingerprint density at radius 1 is 1.62 bits per heavy atom. The number of hydrogen-bond acceptors (Lipinski definition) is 7. The van der Waals surface area contributed by atoms with E-state index in [2.05, 4.69) is 10.3 Å². The van der Waals surface area contributed by atoms with Crippen LogP contribution >= 0.6 is 11.3 Å². The lowest BCUT2D eigenvalue weighted by Gasteiger charge is -2.08. The van der Waals surface area contributed by atoms with Gasteiger partial charge in [-0.2, -0.15) is 0 Å². The van der Waals surface area contributed by atoms with E-state index in [-0.39, 0.29) is 23.9 Å². The molecule has 3 N–H and O–H groups in total. The van der Waals surface area contributed by atoms with Gasteiger partial charge in [0.25, 0.3) is 0 Å². The van der Waals surface area contributed by atoms with E-state index in [0.717, 1.165) is 0 Å². The highest BCUT2D eigenvalue weighted by molar-refractivity contribution is 7.13. The maximum atomic E-state index is 11.4. The third-order valence-corrected chi connectivity index (χ3v) is 3.40.